The lowest BCUT2D eigenvalue weighted by atomic mass is 10.1. The Bertz CT molecular complexity index is 1100. The summed E-state index contributed by atoms with van der Waals surface area (Å²) >= 11 is 0. The molecular formula is C22H21FN4O. The van der Waals surface area contributed by atoms with Crippen molar-refractivity contribution in [2.75, 3.05) is 6.54 Å². The average molecular weight is 376 g/mol. The van der Waals surface area contributed by atoms with Gasteiger partial charge in [0.1, 0.15) is 18.2 Å². The molecule has 2 aromatic heterocycles. The Hall–Kier alpha value is -2.96. The van der Waals surface area contributed by atoms with Crippen molar-refractivity contribution in [1.29, 1.82) is 0 Å². The van der Waals surface area contributed by atoms with Crippen molar-refractivity contribution in [1.82, 2.24) is 19.9 Å². The second-order valence-electron chi connectivity index (χ2n) is 7.10. The van der Waals surface area contributed by atoms with Gasteiger partial charge in [-0.1, -0.05) is 18.2 Å². The first-order chi connectivity index (χ1) is 13.8. The lowest BCUT2D eigenvalue weighted by Crippen LogP contribution is -2.36. The number of hydrogen-bond donors (Lipinski definition) is 2. The summed E-state index contributed by atoms with van der Waals surface area (Å²) in [6.07, 6.45) is 3.96. The molecule has 0 bridgehead atoms. The summed E-state index contributed by atoms with van der Waals surface area (Å²) in [7, 11) is 0. The molecule has 2 aromatic carbocycles. The summed E-state index contributed by atoms with van der Waals surface area (Å²) in [6.45, 7) is 2.75. The van der Waals surface area contributed by atoms with Gasteiger partial charge in [-0.15, -0.1) is 0 Å². The largest absolute Gasteiger partial charge is 0.367 e. The topological polar surface area (TPSA) is 54.9 Å². The molecule has 1 atom stereocenters. The van der Waals surface area contributed by atoms with Gasteiger partial charge in [0.25, 0.3) is 0 Å². The number of hydrogen-bond acceptors (Lipinski definition) is 3. The third-order valence-electron chi connectivity index (χ3n) is 5.27. The van der Waals surface area contributed by atoms with Crippen LogP contribution in [0.4, 0.5) is 4.39 Å². The molecule has 2 N–H and O–H groups in total. The Morgan fingerprint density at radius 2 is 2.04 bits per heavy atom. The predicted molar refractivity (Wildman–Crippen MR) is 106 cm³/mol. The molecule has 3 heterocycles. The normalized spacial score (nSPS) is 16.4. The molecule has 0 saturated heterocycles. The van der Waals surface area contributed by atoms with E-state index in [1.807, 2.05) is 12.3 Å². The Morgan fingerprint density at radius 1 is 1.18 bits per heavy atom. The summed E-state index contributed by atoms with van der Waals surface area (Å²) in [5.74, 6) is 0.678. The van der Waals surface area contributed by atoms with E-state index in [9.17, 15) is 4.39 Å². The molecule has 6 heteroatoms. The minimum absolute atomic E-state index is 0.0612. The Labute approximate surface area is 162 Å². The van der Waals surface area contributed by atoms with E-state index in [-0.39, 0.29) is 11.9 Å². The van der Waals surface area contributed by atoms with Crippen molar-refractivity contribution in [2.24, 2.45) is 0 Å². The van der Waals surface area contributed by atoms with Crippen LogP contribution in [0.1, 0.15) is 11.4 Å². The van der Waals surface area contributed by atoms with Crippen LogP contribution in [0.5, 0.6) is 0 Å². The van der Waals surface area contributed by atoms with Crippen LogP contribution in [0.3, 0.4) is 0 Å². The van der Waals surface area contributed by atoms with E-state index >= 15 is 0 Å². The van der Waals surface area contributed by atoms with Gasteiger partial charge in [-0.2, -0.15) is 0 Å². The van der Waals surface area contributed by atoms with Gasteiger partial charge >= 0.3 is 0 Å². The first-order valence-electron chi connectivity index (χ1n) is 9.45. The fourth-order valence-corrected chi connectivity index (χ4v) is 3.80. The summed E-state index contributed by atoms with van der Waals surface area (Å²) in [5, 5.41) is 4.76. The Kier molecular flexibility index (Phi) is 4.43. The van der Waals surface area contributed by atoms with Crippen LogP contribution in [-0.4, -0.2) is 27.2 Å². The molecule has 0 fully saturated rings. The number of aromatic amines is 1. The molecule has 1 aliphatic rings. The SMILES string of the molecule is Fc1ccc(-c2cnc3n2C[C@H](CNCc2c[nH]c4ccccc24)OC3)cc1. The maximum atomic E-state index is 13.2. The van der Waals surface area contributed by atoms with Gasteiger partial charge in [0.05, 0.1) is 24.5 Å². The zero-order valence-corrected chi connectivity index (χ0v) is 15.4. The Morgan fingerprint density at radius 3 is 2.93 bits per heavy atom. The molecule has 28 heavy (non-hydrogen) atoms. The first-order valence-corrected chi connectivity index (χ1v) is 9.45. The second kappa shape index (κ2) is 7.22. The van der Waals surface area contributed by atoms with Gasteiger partial charge in [0, 0.05) is 30.2 Å². The van der Waals surface area contributed by atoms with Gasteiger partial charge in [0.2, 0.25) is 0 Å². The quantitative estimate of drug-likeness (QED) is 0.556. The van der Waals surface area contributed by atoms with Gasteiger partial charge in [0.15, 0.2) is 0 Å². The van der Waals surface area contributed by atoms with E-state index in [4.69, 9.17) is 4.74 Å². The van der Waals surface area contributed by atoms with Crippen molar-refractivity contribution >= 4 is 10.9 Å². The third kappa shape index (κ3) is 3.21. The zero-order chi connectivity index (χ0) is 18.9. The van der Waals surface area contributed by atoms with Crippen molar-refractivity contribution in [3.8, 4) is 11.3 Å². The highest BCUT2D eigenvalue weighted by Crippen LogP contribution is 2.25. The summed E-state index contributed by atoms with van der Waals surface area (Å²) in [4.78, 5) is 7.77. The highest BCUT2D eigenvalue weighted by molar-refractivity contribution is 5.82. The molecule has 0 unspecified atom stereocenters. The number of fused-ring (bicyclic) bond motifs is 2. The van der Waals surface area contributed by atoms with Crippen LogP contribution in [0.2, 0.25) is 0 Å². The zero-order valence-electron chi connectivity index (χ0n) is 15.4. The number of halogens is 1. The number of nitrogens with zero attached hydrogens (tertiary/aromatic N) is 2. The van der Waals surface area contributed by atoms with Gasteiger partial charge in [-0.25, -0.2) is 9.37 Å². The van der Waals surface area contributed by atoms with Crippen LogP contribution >= 0.6 is 0 Å². The van der Waals surface area contributed by atoms with Crippen molar-refractivity contribution in [3.05, 3.63) is 78.1 Å². The maximum Gasteiger partial charge on any atom is 0.135 e. The van der Waals surface area contributed by atoms with E-state index < -0.39 is 0 Å². The molecule has 142 valence electrons. The third-order valence-corrected chi connectivity index (χ3v) is 5.27. The highest BCUT2D eigenvalue weighted by Gasteiger charge is 2.22. The molecule has 0 radical (unpaired) electrons. The number of ether oxygens (including phenoxy) is 1. The fraction of sp³-hybridized carbons (Fsp3) is 0.227. The van der Waals surface area contributed by atoms with Crippen LogP contribution in [0, 0.1) is 5.82 Å². The summed E-state index contributed by atoms with van der Waals surface area (Å²) in [5.41, 5.74) is 4.37. The number of aromatic nitrogens is 3. The molecule has 5 rings (SSSR count). The number of nitrogens with one attached hydrogen (secondary N) is 2. The standard InChI is InChI=1S/C22H21FN4O/c23-17-7-5-15(6-8-17)21-12-26-22-14-28-18(13-27(21)22)11-24-9-16-10-25-20-4-2-1-3-19(16)20/h1-8,10,12,18,24-25H,9,11,13-14H2/t18-/m0/s1. The minimum atomic E-state index is -0.232. The highest BCUT2D eigenvalue weighted by atomic mass is 19.1. The van der Waals surface area contributed by atoms with E-state index in [1.165, 1.54) is 23.1 Å². The summed E-state index contributed by atoms with van der Waals surface area (Å²) in [6, 6.07) is 14.9. The second-order valence-corrected chi connectivity index (χ2v) is 7.10. The predicted octanol–water partition coefficient (Wildman–Crippen LogP) is 3.86. The lowest BCUT2D eigenvalue weighted by Gasteiger charge is -2.26. The van der Waals surface area contributed by atoms with Crippen LogP contribution < -0.4 is 5.32 Å². The number of rotatable bonds is 5. The van der Waals surface area contributed by atoms with Gasteiger partial charge in [-0.3, -0.25) is 0 Å². The fourth-order valence-electron chi connectivity index (χ4n) is 3.80. The van der Waals surface area contributed by atoms with Gasteiger partial charge in [-0.05, 0) is 41.5 Å². The molecule has 5 nitrogen and oxygen atoms in total. The van der Waals surface area contributed by atoms with E-state index in [2.05, 4.69) is 44.2 Å². The van der Waals surface area contributed by atoms with Crippen molar-refractivity contribution in [2.45, 2.75) is 25.8 Å². The smallest absolute Gasteiger partial charge is 0.135 e. The first kappa shape index (κ1) is 17.2. The number of para-hydroxylation sites is 1. The van der Waals surface area contributed by atoms with Crippen LogP contribution in [0.25, 0.3) is 22.2 Å². The average Bonchev–Trinajstić information content (AvgIpc) is 3.33. The molecule has 1 aliphatic heterocycles. The molecule has 4 aromatic rings. The van der Waals surface area contributed by atoms with Crippen molar-refractivity contribution < 1.29 is 9.13 Å². The molecule has 0 aliphatic carbocycles. The maximum absolute atomic E-state index is 13.2. The number of H-pyrrole nitrogens is 1. The number of imidazole rings is 1. The van der Waals surface area contributed by atoms with Crippen LogP contribution in [-0.2, 0) is 24.4 Å². The lowest BCUT2D eigenvalue weighted by molar-refractivity contribution is 0.00327. The van der Waals surface area contributed by atoms with Crippen molar-refractivity contribution in [3.63, 3.8) is 0 Å². The van der Waals surface area contributed by atoms with Crippen LogP contribution in [0.15, 0.2) is 60.9 Å². The molecule has 0 amide bonds. The van der Waals surface area contributed by atoms with Gasteiger partial charge < -0.3 is 19.6 Å². The summed E-state index contributed by atoms with van der Waals surface area (Å²) < 4.78 is 21.4. The minimum Gasteiger partial charge on any atom is -0.367 e. The monoisotopic (exact) mass is 376 g/mol. The molecule has 0 spiro atoms. The molecule has 0 saturated carbocycles. The molecular weight excluding hydrogens is 355 g/mol. The van der Waals surface area contributed by atoms with E-state index in [1.54, 1.807) is 12.1 Å². The number of benzene rings is 2. The van der Waals surface area contributed by atoms with E-state index in [0.29, 0.717) is 6.61 Å². The van der Waals surface area contributed by atoms with E-state index in [0.717, 1.165) is 42.2 Å². The Balaban J connectivity index is 1.26.